The van der Waals surface area contributed by atoms with E-state index in [2.05, 4.69) is 15.9 Å². The number of ether oxygens (including phenoxy) is 2. The molecule has 112 valence electrons. The lowest BCUT2D eigenvalue weighted by Crippen LogP contribution is -2.11. The zero-order valence-corrected chi connectivity index (χ0v) is 13.2. The second kappa shape index (κ2) is 6.66. The highest BCUT2D eigenvalue weighted by Gasteiger charge is 2.13. The van der Waals surface area contributed by atoms with Crippen LogP contribution >= 0.6 is 15.9 Å². The molecule has 0 saturated heterocycles. The van der Waals surface area contributed by atoms with Crippen LogP contribution in [0.4, 0.5) is 0 Å². The minimum atomic E-state index is -0.492. The maximum atomic E-state index is 11.9. The first-order valence-corrected chi connectivity index (χ1v) is 7.56. The van der Waals surface area contributed by atoms with Crippen molar-refractivity contribution in [2.45, 2.75) is 0 Å². The van der Waals surface area contributed by atoms with E-state index in [-0.39, 0.29) is 19.0 Å². The van der Waals surface area contributed by atoms with Crippen LogP contribution in [0.2, 0.25) is 0 Å². The van der Waals surface area contributed by atoms with Crippen molar-refractivity contribution in [3.05, 3.63) is 64.8 Å². The Bertz CT molecular complexity index is 761. The van der Waals surface area contributed by atoms with Crippen LogP contribution in [0.5, 0.6) is 5.75 Å². The van der Waals surface area contributed by atoms with Gasteiger partial charge in [-0.3, -0.25) is 0 Å². The highest BCUT2D eigenvalue weighted by molar-refractivity contribution is 9.10. The lowest BCUT2D eigenvalue weighted by atomic mass is 10.2. The molecule has 0 fully saturated rings. The Kier molecular flexibility index (Phi) is 4.44. The standard InChI is InChI=1S/C17H13BrO4/c18-13-5-3-6-14(11-13)20-8-9-21-17(19)16-10-12-4-1-2-7-15(12)22-16/h1-7,10-11H,8-9H2. The Labute approximate surface area is 135 Å². The lowest BCUT2D eigenvalue weighted by molar-refractivity contribution is 0.0417. The molecule has 0 aliphatic heterocycles. The molecule has 0 amide bonds. The second-order valence-corrected chi connectivity index (χ2v) is 5.51. The minimum absolute atomic E-state index is 0.155. The Morgan fingerprint density at radius 2 is 1.91 bits per heavy atom. The largest absolute Gasteiger partial charge is 0.490 e. The van der Waals surface area contributed by atoms with E-state index in [1.165, 1.54) is 0 Å². The smallest absolute Gasteiger partial charge is 0.374 e. The molecule has 0 radical (unpaired) electrons. The van der Waals surface area contributed by atoms with E-state index in [1.54, 1.807) is 6.07 Å². The van der Waals surface area contributed by atoms with Crippen LogP contribution in [0.3, 0.4) is 0 Å². The van der Waals surface area contributed by atoms with Crippen molar-refractivity contribution in [2.24, 2.45) is 0 Å². The van der Waals surface area contributed by atoms with E-state index in [4.69, 9.17) is 13.9 Å². The molecular formula is C17H13BrO4. The van der Waals surface area contributed by atoms with Gasteiger partial charge in [-0.1, -0.05) is 40.2 Å². The predicted octanol–water partition coefficient (Wildman–Crippen LogP) is 4.43. The Morgan fingerprint density at radius 3 is 2.73 bits per heavy atom. The number of fused-ring (bicyclic) bond motifs is 1. The maximum Gasteiger partial charge on any atom is 0.374 e. The van der Waals surface area contributed by atoms with Crippen LogP contribution in [-0.2, 0) is 4.74 Å². The number of para-hydroxylation sites is 1. The molecule has 5 heteroatoms. The van der Waals surface area contributed by atoms with Gasteiger partial charge < -0.3 is 13.9 Å². The van der Waals surface area contributed by atoms with Gasteiger partial charge in [0, 0.05) is 9.86 Å². The van der Waals surface area contributed by atoms with Crippen LogP contribution in [-0.4, -0.2) is 19.2 Å². The fourth-order valence-electron chi connectivity index (χ4n) is 2.00. The van der Waals surface area contributed by atoms with Gasteiger partial charge in [0.25, 0.3) is 0 Å². The van der Waals surface area contributed by atoms with E-state index >= 15 is 0 Å². The van der Waals surface area contributed by atoms with Gasteiger partial charge in [0.2, 0.25) is 5.76 Å². The fraction of sp³-hybridized carbons (Fsp3) is 0.118. The zero-order chi connectivity index (χ0) is 15.4. The highest BCUT2D eigenvalue weighted by Crippen LogP contribution is 2.20. The summed E-state index contributed by atoms with van der Waals surface area (Å²) < 4.78 is 17.0. The van der Waals surface area contributed by atoms with E-state index < -0.39 is 5.97 Å². The van der Waals surface area contributed by atoms with Crippen molar-refractivity contribution in [1.82, 2.24) is 0 Å². The Morgan fingerprint density at radius 1 is 1.05 bits per heavy atom. The molecule has 0 unspecified atom stereocenters. The SMILES string of the molecule is O=C(OCCOc1cccc(Br)c1)c1cc2ccccc2o1. The summed E-state index contributed by atoms with van der Waals surface area (Å²) >= 11 is 3.36. The topological polar surface area (TPSA) is 48.7 Å². The number of rotatable bonds is 5. The first-order chi connectivity index (χ1) is 10.7. The number of furan rings is 1. The Hall–Kier alpha value is -2.27. The molecule has 1 heterocycles. The van der Waals surface area contributed by atoms with Crippen molar-refractivity contribution in [2.75, 3.05) is 13.2 Å². The third-order valence-corrected chi connectivity index (χ3v) is 3.50. The molecule has 0 N–H and O–H groups in total. The van der Waals surface area contributed by atoms with Gasteiger partial charge in [-0.05, 0) is 30.3 Å². The molecule has 4 nitrogen and oxygen atoms in total. The number of hydrogen-bond donors (Lipinski definition) is 0. The van der Waals surface area contributed by atoms with Crippen molar-refractivity contribution < 1.29 is 18.7 Å². The van der Waals surface area contributed by atoms with E-state index in [9.17, 15) is 4.79 Å². The molecular weight excluding hydrogens is 348 g/mol. The van der Waals surface area contributed by atoms with Gasteiger partial charge in [0.1, 0.15) is 24.5 Å². The van der Waals surface area contributed by atoms with E-state index in [0.29, 0.717) is 11.3 Å². The molecule has 1 aromatic heterocycles. The van der Waals surface area contributed by atoms with Crippen molar-refractivity contribution in [3.63, 3.8) is 0 Å². The second-order valence-electron chi connectivity index (χ2n) is 4.59. The van der Waals surface area contributed by atoms with Crippen LogP contribution < -0.4 is 4.74 Å². The zero-order valence-electron chi connectivity index (χ0n) is 11.6. The number of carbonyl (C=O) groups is 1. The summed E-state index contributed by atoms with van der Waals surface area (Å²) in [6, 6.07) is 16.6. The van der Waals surface area contributed by atoms with E-state index in [0.717, 1.165) is 9.86 Å². The normalized spacial score (nSPS) is 10.6. The van der Waals surface area contributed by atoms with Crippen LogP contribution in [0, 0.1) is 0 Å². The third-order valence-electron chi connectivity index (χ3n) is 3.01. The van der Waals surface area contributed by atoms with Crippen molar-refractivity contribution in [1.29, 1.82) is 0 Å². The lowest BCUT2D eigenvalue weighted by Gasteiger charge is -2.06. The van der Waals surface area contributed by atoms with Gasteiger partial charge >= 0.3 is 5.97 Å². The number of esters is 1. The molecule has 3 rings (SSSR count). The molecule has 0 aliphatic carbocycles. The average Bonchev–Trinajstić information content (AvgIpc) is 2.95. The Balaban J connectivity index is 1.52. The summed E-state index contributed by atoms with van der Waals surface area (Å²) in [6.45, 7) is 0.435. The summed E-state index contributed by atoms with van der Waals surface area (Å²) in [5, 5.41) is 0.875. The number of halogens is 1. The van der Waals surface area contributed by atoms with Gasteiger partial charge in [-0.15, -0.1) is 0 Å². The quantitative estimate of drug-likeness (QED) is 0.498. The number of carbonyl (C=O) groups excluding carboxylic acids is 1. The summed E-state index contributed by atoms with van der Waals surface area (Å²) in [6.07, 6.45) is 0. The molecule has 2 aromatic carbocycles. The predicted molar refractivity (Wildman–Crippen MR) is 86.1 cm³/mol. The molecule has 0 aliphatic rings. The minimum Gasteiger partial charge on any atom is -0.490 e. The van der Waals surface area contributed by atoms with Gasteiger partial charge in [0.05, 0.1) is 0 Å². The molecule has 0 atom stereocenters. The fourth-order valence-corrected chi connectivity index (χ4v) is 2.38. The third kappa shape index (κ3) is 3.49. The maximum absolute atomic E-state index is 11.9. The summed E-state index contributed by atoms with van der Waals surface area (Å²) in [5.74, 6) is 0.423. The monoisotopic (exact) mass is 360 g/mol. The van der Waals surface area contributed by atoms with Crippen LogP contribution in [0.15, 0.2) is 63.5 Å². The molecule has 22 heavy (non-hydrogen) atoms. The van der Waals surface area contributed by atoms with Crippen LogP contribution in [0.25, 0.3) is 11.0 Å². The van der Waals surface area contributed by atoms with E-state index in [1.807, 2.05) is 48.5 Å². The average molecular weight is 361 g/mol. The van der Waals surface area contributed by atoms with Crippen molar-refractivity contribution >= 4 is 32.9 Å². The number of benzene rings is 2. The van der Waals surface area contributed by atoms with Gasteiger partial charge in [0.15, 0.2) is 0 Å². The first kappa shape index (κ1) is 14.7. The number of hydrogen-bond acceptors (Lipinski definition) is 4. The molecule has 0 spiro atoms. The highest BCUT2D eigenvalue weighted by atomic mass is 79.9. The van der Waals surface area contributed by atoms with Gasteiger partial charge in [-0.25, -0.2) is 4.79 Å². The molecule has 3 aromatic rings. The van der Waals surface area contributed by atoms with Gasteiger partial charge in [-0.2, -0.15) is 0 Å². The van der Waals surface area contributed by atoms with Crippen LogP contribution in [0.1, 0.15) is 10.6 Å². The summed E-state index contributed by atoms with van der Waals surface area (Å²) in [5.41, 5.74) is 0.667. The van der Waals surface area contributed by atoms with Crippen molar-refractivity contribution in [3.8, 4) is 5.75 Å². The molecule has 0 saturated carbocycles. The molecule has 0 bridgehead atoms. The summed E-state index contributed by atoms with van der Waals surface area (Å²) in [7, 11) is 0. The summed E-state index contributed by atoms with van der Waals surface area (Å²) in [4.78, 5) is 11.9. The first-order valence-electron chi connectivity index (χ1n) is 6.76.